The molecule has 2 rings (SSSR count). The first kappa shape index (κ1) is 14.4. The van der Waals surface area contributed by atoms with E-state index in [1.807, 2.05) is 0 Å². The Morgan fingerprint density at radius 1 is 0.773 bits per heavy atom. The lowest BCUT2D eigenvalue weighted by atomic mass is 9.84. The summed E-state index contributed by atoms with van der Waals surface area (Å²) in [6, 6.07) is 5.08. The van der Waals surface area contributed by atoms with Crippen LogP contribution in [-0.2, 0) is 9.59 Å². The number of nitriles is 2. The molecule has 0 spiro atoms. The standard InChI is InChI=1S/C14H2N4O4/c15-3-9-10(4-16)14(22)8-2-12(18-6-20)11(17-5-19)1-7(8)13(9)21/h1-2H. The van der Waals surface area contributed by atoms with Gasteiger partial charge in [-0.2, -0.15) is 20.5 Å². The van der Waals surface area contributed by atoms with Gasteiger partial charge >= 0.3 is 0 Å². The molecule has 1 aliphatic rings. The Morgan fingerprint density at radius 2 is 1.14 bits per heavy atom. The Kier molecular flexibility index (Phi) is 3.66. The number of carbonyl (C=O) groups is 2. The van der Waals surface area contributed by atoms with Gasteiger partial charge in [0.2, 0.25) is 23.7 Å². The molecule has 0 heterocycles. The number of hydrogen-bond acceptors (Lipinski definition) is 8. The molecule has 0 saturated heterocycles. The van der Waals surface area contributed by atoms with Crippen LogP contribution in [0.1, 0.15) is 20.7 Å². The molecule has 0 aliphatic heterocycles. The zero-order chi connectivity index (χ0) is 16.3. The minimum Gasteiger partial charge on any atom is -0.288 e. The van der Waals surface area contributed by atoms with Crippen molar-refractivity contribution in [2.75, 3.05) is 0 Å². The van der Waals surface area contributed by atoms with E-state index < -0.39 is 22.7 Å². The number of carbonyl (C=O) groups excluding carboxylic acids is 4. The summed E-state index contributed by atoms with van der Waals surface area (Å²) in [4.78, 5) is 51.6. The molecule has 0 amide bonds. The van der Waals surface area contributed by atoms with Gasteiger partial charge < -0.3 is 0 Å². The second-order valence-electron chi connectivity index (χ2n) is 3.92. The average Bonchev–Trinajstić information content (AvgIpc) is 2.52. The van der Waals surface area contributed by atoms with Crippen molar-refractivity contribution in [3.8, 4) is 12.1 Å². The van der Waals surface area contributed by atoms with Crippen LogP contribution in [-0.4, -0.2) is 23.7 Å². The van der Waals surface area contributed by atoms with E-state index in [0.717, 1.165) is 12.1 Å². The number of fused-ring (bicyclic) bond motifs is 1. The Morgan fingerprint density at radius 3 is 1.41 bits per heavy atom. The van der Waals surface area contributed by atoms with Crippen molar-refractivity contribution in [2.24, 2.45) is 9.98 Å². The van der Waals surface area contributed by atoms with Gasteiger partial charge in [0.05, 0.1) is 0 Å². The van der Waals surface area contributed by atoms with Crippen LogP contribution in [0.2, 0.25) is 0 Å². The number of nitrogens with zero attached hydrogens (tertiary/aromatic N) is 4. The molecule has 0 aromatic heterocycles. The molecule has 1 aromatic rings. The van der Waals surface area contributed by atoms with Crippen LogP contribution < -0.4 is 0 Å². The summed E-state index contributed by atoms with van der Waals surface area (Å²) < 4.78 is 0. The van der Waals surface area contributed by atoms with Crippen LogP contribution in [0, 0.1) is 22.7 Å². The van der Waals surface area contributed by atoms with Gasteiger partial charge in [0.15, 0.2) is 0 Å². The summed E-state index contributed by atoms with van der Waals surface area (Å²) in [6.07, 6.45) is 2.44. The molecule has 22 heavy (non-hydrogen) atoms. The molecule has 0 fully saturated rings. The van der Waals surface area contributed by atoms with E-state index in [2.05, 4.69) is 9.98 Å². The summed E-state index contributed by atoms with van der Waals surface area (Å²) in [7, 11) is 0. The summed E-state index contributed by atoms with van der Waals surface area (Å²) in [6.45, 7) is 0. The van der Waals surface area contributed by atoms with E-state index in [1.54, 1.807) is 0 Å². The highest BCUT2D eigenvalue weighted by molar-refractivity contribution is 6.30. The summed E-state index contributed by atoms with van der Waals surface area (Å²) in [5.41, 5.74) is -1.97. The quantitative estimate of drug-likeness (QED) is 0.594. The third-order valence-corrected chi connectivity index (χ3v) is 2.86. The van der Waals surface area contributed by atoms with Crippen molar-refractivity contribution >= 4 is 35.1 Å². The molecule has 8 heteroatoms. The van der Waals surface area contributed by atoms with E-state index in [9.17, 15) is 19.2 Å². The Hall–Kier alpha value is -3.96. The van der Waals surface area contributed by atoms with Crippen molar-refractivity contribution in [1.82, 2.24) is 0 Å². The maximum Gasteiger partial charge on any atom is 0.240 e. The van der Waals surface area contributed by atoms with Crippen LogP contribution in [0.5, 0.6) is 0 Å². The number of benzene rings is 1. The zero-order valence-electron chi connectivity index (χ0n) is 10.6. The second kappa shape index (κ2) is 5.58. The largest absolute Gasteiger partial charge is 0.288 e. The minimum absolute atomic E-state index is 0.184. The van der Waals surface area contributed by atoms with Crippen LogP contribution in [0.4, 0.5) is 11.4 Å². The third-order valence-electron chi connectivity index (χ3n) is 2.86. The number of Topliss-reactive ketones (excluding diaryl/α,β-unsaturated/α-hetero) is 2. The lowest BCUT2D eigenvalue weighted by molar-refractivity contribution is 0.0982. The van der Waals surface area contributed by atoms with Gasteiger partial charge in [-0.1, -0.05) is 0 Å². The zero-order valence-corrected chi connectivity index (χ0v) is 10.6. The van der Waals surface area contributed by atoms with Gasteiger partial charge in [0, 0.05) is 11.1 Å². The highest BCUT2D eigenvalue weighted by atomic mass is 16.1. The van der Waals surface area contributed by atoms with E-state index in [1.165, 1.54) is 24.3 Å². The Balaban J connectivity index is 2.87. The average molecular weight is 290 g/mol. The van der Waals surface area contributed by atoms with Gasteiger partial charge in [-0.3, -0.25) is 9.59 Å². The molecule has 0 N–H and O–H groups in total. The van der Waals surface area contributed by atoms with E-state index in [0.29, 0.717) is 0 Å². The van der Waals surface area contributed by atoms with Gasteiger partial charge in [-0.05, 0) is 12.1 Å². The third kappa shape index (κ3) is 2.05. The number of isocyanates is 2. The molecule has 0 atom stereocenters. The first-order valence-corrected chi connectivity index (χ1v) is 5.56. The Bertz CT molecular complexity index is 869. The van der Waals surface area contributed by atoms with Gasteiger partial charge in [0.25, 0.3) is 0 Å². The summed E-state index contributed by atoms with van der Waals surface area (Å²) in [5.74, 6) is -1.70. The van der Waals surface area contributed by atoms with E-state index in [4.69, 9.17) is 10.5 Å². The minimum atomic E-state index is -0.849. The van der Waals surface area contributed by atoms with Crippen molar-refractivity contribution in [1.29, 1.82) is 10.5 Å². The van der Waals surface area contributed by atoms with Crippen LogP contribution in [0.3, 0.4) is 0 Å². The molecule has 0 bridgehead atoms. The molecular weight excluding hydrogens is 288 g/mol. The molecule has 1 aromatic carbocycles. The van der Waals surface area contributed by atoms with Gasteiger partial charge in [0.1, 0.15) is 34.7 Å². The number of rotatable bonds is 2. The van der Waals surface area contributed by atoms with Crippen molar-refractivity contribution < 1.29 is 19.2 Å². The maximum absolute atomic E-state index is 12.2. The maximum atomic E-state index is 12.2. The fraction of sp³-hybridized carbons (Fsp3) is 0. The highest BCUT2D eigenvalue weighted by Gasteiger charge is 2.33. The van der Waals surface area contributed by atoms with Crippen molar-refractivity contribution in [3.63, 3.8) is 0 Å². The van der Waals surface area contributed by atoms with E-state index in [-0.39, 0.29) is 22.5 Å². The van der Waals surface area contributed by atoms with Gasteiger partial charge in [-0.15, -0.1) is 0 Å². The molecule has 102 valence electrons. The second-order valence-corrected chi connectivity index (χ2v) is 3.92. The smallest absolute Gasteiger partial charge is 0.240 e. The summed E-state index contributed by atoms with van der Waals surface area (Å²) in [5, 5.41) is 17.9. The van der Waals surface area contributed by atoms with Crippen molar-refractivity contribution in [3.05, 3.63) is 34.4 Å². The SMILES string of the molecule is N#CC1=C(C#N)C(=O)c2cc(N=C=O)c(N=C=O)cc2C1=O. The predicted octanol–water partition coefficient (Wildman–Crippen LogP) is 1.34. The van der Waals surface area contributed by atoms with Crippen LogP contribution >= 0.6 is 0 Å². The molecule has 0 saturated carbocycles. The molecular formula is C14H2N4O4. The fourth-order valence-electron chi connectivity index (χ4n) is 1.94. The number of aliphatic imine (C=N–C) groups is 2. The first-order valence-electron chi connectivity index (χ1n) is 5.56. The van der Waals surface area contributed by atoms with Crippen molar-refractivity contribution in [2.45, 2.75) is 0 Å². The normalized spacial score (nSPS) is 12.5. The highest BCUT2D eigenvalue weighted by Crippen LogP contribution is 2.35. The number of hydrogen-bond donors (Lipinski definition) is 0. The fourth-order valence-corrected chi connectivity index (χ4v) is 1.94. The number of allylic oxidation sites excluding steroid dienone is 2. The molecule has 1 aliphatic carbocycles. The first-order chi connectivity index (χ1) is 10.6. The lowest BCUT2D eigenvalue weighted by Gasteiger charge is -2.14. The predicted molar refractivity (Wildman–Crippen MR) is 68.9 cm³/mol. The topological polar surface area (TPSA) is 141 Å². The molecule has 0 radical (unpaired) electrons. The number of ketones is 2. The molecule has 0 unspecified atom stereocenters. The van der Waals surface area contributed by atoms with Crippen LogP contribution in [0.15, 0.2) is 33.3 Å². The molecule has 8 nitrogen and oxygen atoms in total. The van der Waals surface area contributed by atoms with Gasteiger partial charge in [-0.25, -0.2) is 9.59 Å². The summed E-state index contributed by atoms with van der Waals surface area (Å²) >= 11 is 0. The van der Waals surface area contributed by atoms with Crippen LogP contribution in [0.25, 0.3) is 0 Å². The van der Waals surface area contributed by atoms with E-state index >= 15 is 0 Å². The Labute approximate surface area is 122 Å². The lowest BCUT2D eigenvalue weighted by Crippen LogP contribution is -2.20. The monoisotopic (exact) mass is 290 g/mol.